The van der Waals surface area contributed by atoms with Crippen LogP contribution in [0.3, 0.4) is 0 Å². The van der Waals surface area contributed by atoms with E-state index in [0.717, 1.165) is 19.3 Å². The van der Waals surface area contributed by atoms with E-state index in [-0.39, 0.29) is 11.3 Å². The molecule has 1 fully saturated rings. The minimum absolute atomic E-state index is 0.234. The van der Waals surface area contributed by atoms with Crippen molar-refractivity contribution in [2.24, 2.45) is 5.41 Å². The predicted octanol–water partition coefficient (Wildman–Crippen LogP) is 2.90. The van der Waals surface area contributed by atoms with Gasteiger partial charge in [0.25, 0.3) is 0 Å². The molecule has 25 heavy (non-hydrogen) atoms. The van der Waals surface area contributed by atoms with Gasteiger partial charge in [0.05, 0.1) is 18.3 Å². The third-order valence-electron chi connectivity index (χ3n) is 5.01. The topological polar surface area (TPSA) is 47.4 Å². The number of amides is 1. The number of hydrogen-bond donors (Lipinski definition) is 0. The molecule has 0 N–H and O–H groups in total. The predicted molar refractivity (Wildman–Crippen MR) is 97.0 cm³/mol. The average molecular weight is 341 g/mol. The minimum Gasteiger partial charge on any atom is -0.383 e. The van der Waals surface area contributed by atoms with Gasteiger partial charge in [0.1, 0.15) is 0 Å². The van der Waals surface area contributed by atoms with Gasteiger partial charge in [-0.05, 0) is 30.4 Å². The monoisotopic (exact) mass is 341 g/mol. The molecular formula is C20H27N3O2. The van der Waals surface area contributed by atoms with Gasteiger partial charge in [0.2, 0.25) is 5.91 Å². The number of methoxy groups -OCH3 is 1. The van der Waals surface area contributed by atoms with Gasteiger partial charge in [-0.25, -0.2) is 4.98 Å². The summed E-state index contributed by atoms with van der Waals surface area (Å²) < 4.78 is 7.24. The molecule has 1 amide bonds. The van der Waals surface area contributed by atoms with Crippen LogP contribution in [-0.2, 0) is 29.0 Å². The minimum atomic E-state index is -0.266. The molecule has 5 heteroatoms. The lowest BCUT2D eigenvalue weighted by Crippen LogP contribution is -2.40. The van der Waals surface area contributed by atoms with Gasteiger partial charge in [-0.3, -0.25) is 4.79 Å². The molecule has 0 saturated heterocycles. The Bertz CT molecular complexity index is 675. The molecule has 5 nitrogen and oxygen atoms in total. The average Bonchev–Trinajstić information content (AvgIpc) is 3.24. The molecule has 1 aliphatic rings. The molecule has 0 unspecified atom stereocenters. The Kier molecular flexibility index (Phi) is 5.53. The van der Waals surface area contributed by atoms with E-state index in [1.807, 2.05) is 15.7 Å². The van der Waals surface area contributed by atoms with E-state index in [4.69, 9.17) is 4.74 Å². The van der Waals surface area contributed by atoms with Crippen molar-refractivity contribution in [3.63, 3.8) is 0 Å². The first-order valence-corrected chi connectivity index (χ1v) is 8.99. The van der Waals surface area contributed by atoms with Gasteiger partial charge in [-0.2, -0.15) is 0 Å². The summed E-state index contributed by atoms with van der Waals surface area (Å²) in [4.78, 5) is 19.3. The Morgan fingerprint density at radius 2 is 2.00 bits per heavy atom. The molecule has 1 aromatic carbocycles. The highest BCUT2D eigenvalue weighted by Crippen LogP contribution is 2.48. The molecule has 0 radical (unpaired) electrons. The molecule has 2 aromatic rings. The standard InChI is InChI=1S/C20H27N3O2/c1-3-17-4-6-18(7-5-17)14-23(12-13-25-2)19(24)20(8-9-20)15-22-11-10-21-16-22/h4-7,10-11,16H,3,8-9,12-15H2,1-2H3. The summed E-state index contributed by atoms with van der Waals surface area (Å²) in [7, 11) is 1.68. The Labute approximate surface area is 149 Å². The number of aryl methyl sites for hydroxylation is 1. The second kappa shape index (κ2) is 7.83. The number of nitrogens with zero attached hydrogens (tertiary/aromatic N) is 3. The summed E-state index contributed by atoms with van der Waals surface area (Å²) in [5.41, 5.74) is 2.22. The summed E-state index contributed by atoms with van der Waals surface area (Å²) in [5, 5.41) is 0. The van der Waals surface area contributed by atoms with Crippen molar-refractivity contribution >= 4 is 5.91 Å². The van der Waals surface area contributed by atoms with Crippen LogP contribution in [-0.4, -0.2) is 40.6 Å². The fraction of sp³-hybridized carbons (Fsp3) is 0.500. The molecule has 0 spiro atoms. The van der Waals surface area contributed by atoms with Crippen LogP contribution in [0.5, 0.6) is 0 Å². The lowest BCUT2D eigenvalue weighted by molar-refractivity contribution is -0.139. The maximum atomic E-state index is 13.2. The van der Waals surface area contributed by atoms with E-state index in [9.17, 15) is 4.79 Å². The maximum Gasteiger partial charge on any atom is 0.230 e. The van der Waals surface area contributed by atoms with Crippen molar-refractivity contribution in [1.29, 1.82) is 0 Å². The Hall–Kier alpha value is -2.14. The number of imidazole rings is 1. The van der Waals surface area contributed by atoms with Crippen LogP contribution in [0.1, 0.15) is 30.9 Å². The van der Waals surface area contributed by atoms with E-state index >= 15 is 0 Å². The molecule has 0 bridgehead atoms. The lowest BCUT2D eigenvalue weighted by Gasteiger charge is -2.27. The zero-order valence-electron chi connectivity index (χ0n) is 15.1. The van der Waals surface area contributed by atoms with Crippen molar-refractivity contribution in [3.8, 4) is 0 Å². The molecule has 0 atom stereocenters. The Morgan fingerprint density at radius 1 is 1.28 bits per heavy atom. The van der Waals surface area contributed by atoms with Gasteiger partial charge < -0.3 is 14.2 Å². The second-order valence-corrected chi connectivity index (χ2v) is 6.90. The molecule has 134 valence electrons. The van der Waals surface area contributed by atoms with E-state index < -0.39 is 0 Å². The second-order valence-electron chi connectivity index (χ2n) is 6.90. The van der Waals surface area contributed by atoms with Crippen LogP contribution >= 0.6 is 0 Å². The summed E-state index contributed by atoms with van der Waals surface area (Å²) in [6, 6.07) is 8.54. The molecular weight excluding hydrogens is 314 g/mol. The van der Waals surface area contributed by atoms with Gasteiger partial charge in [0.15, 0.2) is 0 Å². The van der Waals surface area contributed by atoms with Crippen molar-refractivity contribution in [3.05, 3.63) is 54.1 Å². The number of aromatic nitrogens is 2. The van der Waals surface area contributed by atoms with Crippen LogP contribution in [0.25, 0.3) is 0 Å². The van der Waals surface area contributed by atoms with Crippen molar-refractivity contribution in [2.45, 2.75) is 39.3 Å². The first-order chi connectivity index (χ1) is 12.2. The lowest BCUT2D eigenvalue weighted by atomic mass is 10.0. The third-order valence-corrected chi connectivity index (χ3v) is 5.01. The number of carbonyl (C=O) groups is 1. The largest absolute Gasteiger partial charge is 0.383 e. The SMILES string of the molecule is CCc1ccc(CN(CCOC)C(=O)C2(Cn3ccnc3)CC2)cc1. The smallest absolute Gasteiger partial charge is 0.230 e. The summed E-state index contributed by atoms with van der Waals surface area (Å²) in [5.74, 6) is 0.234. The first kappa shape index (κ1) is 17.7. The highest BCUT2D eigenvalue weighted by atomic mass is 16.5. The van der Waals surface area contributed by atoms with Gasteiger partial charge in [0, 0.05) is 39.1 Å². The Balaban J connectivity index is 1.71. The maximum absolute atomic E-state index is 13.2. The normalized spacial score (nSPS) is 15.1. The molecule has 1 saturated carbocycles. The summed E-state index contributed by atoms with van der Waals surface area (Å²) in [6.07, 6.45) is 8.40. The molecule has 1 aliphatic carbocycles. The van der Waals surface area contributed by atoms with Gasteiger partial charge in [-0.1, -0.05) is 31.2 Å². The zero-order chi connectivity index (χ0) is 17.7. The zero-order valence-corrected chi connectivity index (χ0v) is 15.1. The number of rotatable bonds is 9. The van der Waals surface area contributed by atoms with Crippen LogP contribution < -0.4 is 0 Å². The third kappa shape index (κ3) is 4.28. The number of hydrogen-bond acceptors (Lipinski definition) is 3. The van der Waals surface area contributed by atoms with Crippen molar-refractivity contribution < 1.29 is 9.53 Å². The fourth-order valence-corrected chi connectivity index (χ4v) is 3.21. The van der Waals surface area contributed by atoms with Crippen molar-refractivity contribution in [1.82, 2.24) is 14.5 Å². The van der Waals surface area contributed by atoms with E-state index in [0.29, 0.717) is 26.2 Å². The first-order valence-electron chi connectivity index (χ1n) is 8.99. The molecule has 0 aliphatic heterocycles. The molecule has 1 aromatic heterocycles. The summed E-state index contributed by atoms with van der Waals surface area (Å²) >= 11 is 0. The molecule has 3 rings (SSSR count). The van der Waals surface area contributed by atoms with Gasteiger partial charge in [-0.15, -0.1) is 0 Å². The van der Waals surface area contributed by atoms with Gasteiger partial charge >= 0.3 is 0 Å². The van der Waals surface area contributed by atoms with E-state index in [1.165, 1.54) is 11.1 Å². The number of benzene rings is 1. The van der Waals surface area contributed by atoms with Crippen molar-refractivity contribution in [2.75, 3.05) is 20.3 Å². The molecule has 1 heterocycles. The Morgan fingerprint density at radius 3 is 2.56 bits per heavy atom. The van der Waals surface area contributed by atoms with Crippen LogP contribution in [0.15, 0.2) is 43.0 Å². The van der Waals surface area contributed by atoms with Crippen LogP contribution in [0.4, 0.5) is 0 Å². The highest BCUT2D eigenvalue weighted by molar-refractivity contribution is 5.85. The highest BCUT2D eigenvalue weighted by Gasteiger charge is 2.51. The van der Waals surface area contributed by atoms with Crippen LogP contribution in [0, 0.1) is 5.41 Å². The quantitative estimate of drug-likeness (QED) is 0.704. The number of ether oxygens (including phenoxy) is 1. The number of carbonyl (C=O) groups excluding carboxylic acids is 1. The van der Waals surface area contributed by atoms with Crippen LogP contribution in [0.2, 0.25) is 0 Å². The summed E-state index contributed by atoms with van der Waals surface area (Å²) in [6.45, 7) is 4.68. The van der Waals surface area contributed by atoms with E-state index in [2.05, 4.69) is 36.2 Å². The van der Waals surface area contributed by atoms with E-state index in [1.54, 1.807) is 19.6 Å². The fourth-order valence-electron chi connectivity index (χ4n) is 3.21.